The van der Waals surface area contributed by atoms with Gasteiger partial charge in [0.2, 0.25) is 5.91 Å². The number of nitrogens with zero attached hydrogens (tertiary/aromatic N) is 3. The number of hydrogen-bond acceptors (Lipinski definition) is 7. The maximum Gasteiger partial charge on any atom is 0.258 e. The van der Waals surface area contributed by atoms with E-state index in [9.17, 15) is 14.7 Å². The van der Waals surface area contributed by atoms with Crippen molar-refractivity contribution in [3.63, 3.8) is 0 Å². The number of hydrogen-bond donors (Lipinski definition) is 2. The first kappa shape index (κ1) is 29.0. The number of rotatable bonds is 10. The largest absolute Gasteiger partial charge is 0.488 e. The van der Waals surface area contributed by atoms with Crippen LogP contribution in [-0.2, 0) is 16.1 Å². The summed E-state index contributed by atoms with van der Waals surface area (Å²) >= 11 is 0. The fourth-order valence-electron chi connectivity index (χ4n) is 5.09. The minimum atomic E-state index is -0.347. The van der Waals surface area contributed by atoms with Crippen LogP contribution >= 0.6 is 0 Å². The number of aliphatic hydroxyl groups is 1. The lowest BCUT2D eigenvalue weighted by molar-refractivity contribution is -0.116. The molecule has 4 rings (SSSR count). The zero-order valence-corrected chi connectivity index (χ0v) is 23.3. The number of carbonyl (C=O) groups excluding carboxylic acids is 2. The highest BCUT2D eigenvalue weighted by atomic mass is 16.5. The van der Waals surface area contributed by atoms with E-state index in [-0.39, 0.29) is 36.5 Å². The molecule has 9 heteroatoms. The van der Waals surface area contributed by atoms with E-state index < -0.39 is 0 Å². The van der Waals surface area contributed by atoms with Crippen molar-refractivity contribution in [1.82, 2.24) is 14.7 Å². The van der Waals surface area contributed by atoms with Crippen molar-refractivity contribution >= 4 is 17.5 Å². The van der Waals surface area contributed by atoms with Crippen LogP contribution in [0, 0.1) is 5.92 Å². The zero-order valence-electron chi connectivity index (χ0n) is 23.3. The highest BCUT2D eigenvalue weighted by Gasteiger charge is 2.33. The Hall–Kier alpha value is -2.98. The second-order valence-corrected chi connectivity index (χ2v) is 10.8. The quantitative estimate of drug-likeness (QED) is 0.480. The van der Waals surface area contributed by atoms with E-state index in [1.165, 1.54) is 5.56 Å². The summed E-state index contributed by atoms with van der Waals surface area (Å²) in [6.45, 7) is 9.42. The van der Waals surface area contributed by atoms with Gasteiger partial charge in [0.05, 0.1) is 31.4 Å². The van der Waals surface area contributed by atoms with Crippen LogP contribution in [0.3, 0.4) is 0 Å². The van der Waals surface area contributed by atoms with Crippen molar-refractivity contribution in [2.45, 2.75) is 39.0 Å². The van der Waals surface area contributed by atoms with Gasteiger partial charge in [-0.25, -0.2) is 0 Å². The number of morpholine rings is 1. The van der Waals surface area contributed by atoms with E-state index in [1.807, 2.05) is 25.1 Å². The van der Waals surface area contributed by atoms with Gasteiger partial charge >= 0.3 is 0 Å². The van der Waals surface area contributed by atoms with Crippen molar-refractivity contribution in [2.75, 3.05) is 64.9 Å². The van der Waals surface area contributed by atoms with E-state index in [0.717, 1.165) is 19.6 Å². The lowest BCUT2D eigenvalue weighted by Crippen LogP contribution is -2.49. The highest BCUT2D eigenvalue weighted by Crippen LogP contribution is 2.31. The van der Waals surface area contributed by atoms with Crippen LogP contribution in [0.1, 0.15) is 36.2 Å². The number of carbonyl (C=O) groups is 2. The molecule has 2 aromatic rings. The van der Waals surface area contributed by atoms with Crippen LogP contribution in [0.5, 0.6) is 5.75 Å². The van der Waals surface area contributed by atoms with E-state index in [0.29, 0.717) is 56.3 Å². The predicted molar refractivity (Wildman–Crippen MR) is 151 cm³/mol. The number of anilines is 1. The van der Waals surface area contributed by atoms with Crippen LogP contribution in [-0.4, -0.2) is 103 Å². The molecule has 212 valence electrons. The van der Waals surface area contributed by atoms with Crippen molar-refractivity contribution in [3.8, 4) is 5.75 Å². The third-order valence-electron chi connectivity index (χ3n) is 7.49. The molecule has 0 spiro atoms. The van der Waals surface area contributed by atoms with E-state index in [2.05, 4.69) is 41.2 Å². The number of likely N-dealkylation sites (N-methyl/N-ethyl adjacent to an activating group) is 1. The summed E-state index contributed by atoms with van der Waals surface area (Å²) in [4.78, 5) is 32.5. The van der Waals surface area contributed by atoms with E-state index in [1.54, 1.807) is 23.1 Å². The maximum absolute atomic E-state index is 13.7. The molecule has 0 radical (unpaired) electrons. The fourth-order valence-corrected chi connectivity index (χ4v) is 5.09. The van der Waals surface area contributed by atoms with Crippen LogP contribution in [0.15, 0.2) is 48.5 Å². The van der Waals surface area contributed by atoms with Gasteiger partial charge < -0.3 is 24.8 Å². The summed E-state index contributed by atoms with van der Waals surface area (Å²) in [5.74, 6) is 0.217. The van der Waals surface area contributed by atoms with Crippen molar-refractivity contribution in [2.24, 2.45) is 5.92 Å². The Balaban J connectivity index is 1.50. The average Bonchev–Trinajstić information content (AvgIpc) is 2.94. The normalized spacial score (nSPS) is 21.1. The molecule has 0 aliphatic carbocycles. The van der Waals surface area contributed by atoms with Gasteiger partial charge in [-0.15, -0.1) is 0 Å². The fraction of sp³-hybridized carbons (Fsp3) is 0.533. The first-order valence-corrected chi connectivity index (χ1v) is 13.9. The summed E-state index contributed by atoms with van der Waals surface area (Å²) < 4.78 is 11.9. The number of amides is 2. The summed E-state index contributed by atoms with van der Waals surface area (Å²) in [5.41, 5.74) is 2.17. The Kier molecular flexibility index (Phi) is 10.3. The molecule has 0 aromatic heterocycles. The zero-order chi connectivity index (χ0) is 27.8. The Morgan fingerprint density at radius 2 is 1.92 bits per heavy atom. The predicted octanol–water partition coefficient (Wildman–Crippen LogP) is 2.70. The van der Waals surface area contributed by atoms with Gasteiger partial charge in [0.25, 0.3) is 5.91 Å². The van der Waals surface area contributed by atoms with Crippen LogP contribution < -0.4 is 10.1 Å². The molecule has 3 atom stereocenters. The first-order valence-electron chi connectivity index (χ1n) is 13.9. The van der Waals surface area contributed by atoms with Gasteiger partial charge in [-0.05, 0) is 37.7 Å². The molecule has 2 aliphatic rings. The summed E-state index contributed by atoms with van der Waals surface area (Å²) in [6.07, 6.45) is 0.190. The molecule has 2 heterocycles. The third kappa shape index (κ3) is 8.02. The van der Waals surface area contributed by atoms with Gasteiger partial charge in [0, 0.05) is 57.3 Å². The number of nitrogens with one attached hydrogen (secondary N) is 1. The lowest BCUT2D eigenvalue weighted by atomic mass is 9.99. The number of aliphatic hydroxyl groups excluding tert-OH is 1. The minimum absolute atomic E-state index is 0.0360. The van der Waals surface area contributed by atoms with Gasteiger partial charge in [-0.1, -0.05) is 37.3 Å². The van der Waals surface area contributed by atoms with E-state index >= 15 is 0 Å². The van der Waals surface area contributed by atoms with Gasteiger partial charge in [-0.3, -0.25) is 19.4 Å². The molecular weight excluding hydrogens is 496 g/mol. The van der Waals surface area contributed by atoms with Gasteiger partial charge in [0.15, 0.2) is 0 Å². The van der Waals surface area contributed by atoms with Crippen LogP contribution in [0.4, 0.5) is 5.69 Å². The molecule has 1 fully saturated rings. The molecule has 39 heavy (non-hydrogen) atoms. The number of benzene rings is 2. The SMILES string of the molecule is C[C@H]1CN([C@@H](C)CO)C(=O)c2cc(NC(=O)CCN3CCOCC3)ccc2O[C@H]1CN(C)Cc1ccccc1. The molecule has 9 nitrogen and oxygen atoms in total. The Bertz CT molecular complexity index is 1090. The molecule has 1 saturated heterocycles. The molecule has 0 unspecified atom stereocenters. The Labute approximate surface area is 231 Å². The number of fused-ring (bicyclic) bond motifs is 1. The van der Waals surface area contributed by atoms with E-state index in [4.69, 9.17) is 9.47 Å². The number of ether oxygens (including phenoxy) is 2. The molecule has 2 aliphatic heterocycles. The minimum Gasteiger partial charge on any atom is -0.488 e. The van der Waals surface area contributed by atoms with Crippen molar-refractivity contribution in [1.29, 1.82) is 0 Å². The summed E-state index contributed by atoms with van der Waals surface area (Å²) in [5, 5.41) is 12.9. The second-order valence-electron chi connectivity index (χ2n) is 10.8. The first-order chi connectivity index (χ1) is 18.8. The van der Waals surface area contributed by atoms with Crippen molar-refractivity contribution in [3.05, 3.63) is 59.7 Å². The third-order valence-corrected chi connectivity index (χ3v) is 7.49. The lowest BCUT2D eigenvalue weighted by Gasteiger charge is -2.38. The smallest absolute Gasteiger partial charge is 0.258 e. The second kappa shape index (κ2) is 13.9. The standard InChI is InChI=1S/C30H42N4O5/c1-22-18-34(23(2)21-35)30(37)26-17-25(31-29(36)11-12-33-13-15-38-16-14-33)9-10-27(26)39-28(22)20-32(3)19-24-7-5-4-6-8-24/h4-10,17,22-23,28,35H,11-16,18-21H2,1-3H3,(H,31,36)/t22-,23-,28-/m0/s1. The molecule has 2 aromatic carbocycles. The molecule has 0 saturated carbocycles. The van der Waals surface area contributed by atoms with Gasteiger partial charge in [-0.2, -0.15) is 0 Å². The average molecular weight is 539 g/mol. The Morgan fingerprint density at radius 3 is 2.64 bits per heavy atom. The van der Waals surface area contributed by atoms with Crippen LogP contribution in [0.2, 0.25) is 0 Å². The summed E-state index contributed by atoms with van der Waals surface area (Å²) in [6, 6.07) is 15.2. The molecule has 2 amide bonds. The molecular formula is C30H42N4O5. The van der Waals surface area contributed by atoms with Crippen molar-refractivity contribution < 1.29 is 24.2 Å². The monoisotopic (exact) mass is 538 g/mol. The van der Waals surface area contributed by atoms with Crippen LogP contribution in [0.25, 0.3) is 0 Å². The highest BCUT2D eigenvalue weighted by molar-refractivity contribution is 5.99. The Morgan fingerprint density at radius 1 is 1.18 bits per heavy atom. The molecule has 0 bridgehead atoms. The van der Waals surface area contributed by atoms with Gasteiger partial charge in [0.1, 0.15) is 11.9 Å². The maximum atomic E-state index is 13.7. The topological polar surface area (TPSA) is 94.6 Å². The molecule has 2 N–H and O–H groups in total. The summed E-state index contributed by atoms with van der Waals surface area (Å²) in [7, 11) is 2.07.